The Morgan fingerprint density at radius 1 is 0.735 bits per heavy atom. The predicted molar refractivity (Wildman–Crippen MR) is 129 cm³/mol. The summed E-state index contributed by atoms with van der Waals surface area (Å²) < 4.78 is 28.4. The van der Waals surface area contributed by atoms with E-state index in [2.05, 4.69) is 29.1 Å². The van der Waals surface area contributed by atoms with Gasteiger partial charge in [0.15, 0.2) is 0 Å². The van der Waals surface area contributed by atoms with Crippen molar-refractivity contribution in [3.8, 4) is 0 Å². The molecule has 0 saturated carbocycles. The highest BCUT2D eigenvalue weighted by Crippen LogP contribution is 2.18. The maximum absolute atomic E-state index is 12.8. The number of hydrogen-bond donors (Lipinski definition) is 4. The predicted octanol–water partition coefficient (Wildman–Crippen LogP) is 3.26. The summed E-state index contributed by atoms with van der Waals surface area (Å²) in [5, 5.41) is 18.2. The van der Waals surface area contributed by atoms with Crippen molar-refractivity contribution in [1.29, 1.82) is 0 Å². The molecule has 0 aliphatic carbocycles. The minimum atomic E-state index is -3.60. The van der Waals surface area contributed by atoms with Gasteiger partial charge in [-0.3, -0.25) is 0 Å². The second-order valence-corrected chi connectivity index (χ2v) is 9.19. The lowest BCUT2D eigenvalue weighted by Gasteiger charge is -2.21. The molecule has 34 heavy (non-hydrogen) atoms. The third kappa shape index (κ3) is 8.78. The largest absolute Gasteiger partial charge is 0.473 e. The maximum atomic E-state index is 12.8. The third-order valence-corrected chi connectivity index (χ3v) is 6.39. The molecule has 0 aromatic heterocycles. The Morgan fingerprint density at radius 2 is 1.18 bits per heavy atom. The van der Waals surface area contributed by atoms with Gasteiger partial charge in [-0.05, 0) is 29.2 Å². The van der Waals surface area contributed by atoms with Crippen molar-refractivity contribution in [1.82, 2.24) is 10.0 Å². The van der Waals surface area contributed by atoms with Gasteiger partial charge >= 0.3 is 11.9 Å². The summed E-state index contributed by atoms with van der Waals surface area (Å²) in [6, 6.07) is 28.1. The first-order valence-electron chi connectivity index (χ1n) is 10.5. The topological polar surface area (TPSA) is 133 Å². The fraction of sp³-hybridized carbons (Fsp3) is 0.200. The van der Waals surface area contributed by atoms with Crippen LogP contribution in [0.1, 0.15) is 30.0 Å². The molecule has 0 radical (unpaired) electrons. The highest BCUT2D eigenvalue weighted by Gasteiger charge is 2.21. The fourth-order valence-electron chi connectivity index (χ4n) is 3.11. The minimum Gasteiger partial charge on any atom is -0.473 e. The second-order valence-electron chi connectivity index (χ2n) is 7.48. The quantitative estimate of drug-likeness (QED) is 0.343. The molecule has 0 amide bonds. The lowest BCUT2D eigenvalue weighted by Crippen LogP contribution is -2.36. The molecule has 3 aromatic rings. The Bertz CT molecular complexity index is 1130. The first-order chi connectivity index (χ1) is 16.2. The molecule has 8 nitrogen and oxygen atoms in total. The standard InChI is InChI=1S/C23H26N2O2S.C2H2O4/c1-19(20-11-5-2-6-12-20)17-24-18-23(21-13-7-3-8-14-21)25-28(26,27)22-15-9-4-10-16-22;3-1(4)2(5)6/h2-16,19,23-25H,17-18H2,1H3;(H,3,4)(H,5,6). The summed E-state index contributed by atoms with van der Waals surface area (Å²) in [6.45, 7) is 3.43. The average Bonchev–Trinajstić information content (AvgIpc) is 2.85. The molecule has 180 valence electrons. The van der Waals surface area contributed by atoms with Gasteiger partial charge in [-0.15, -0.1) is 0 Å². The van der Waals surface area contributed by atoms with Crippen molar-refractivity contribution in [3.63, 3.8) is 0 Å². The van der Waals surface area contributed by atoms with Crippen molar-refractivity contribution in [3.05, 3.63) is 102 Å². The molecule has 0 spiro atoms. The molecule has 9 heteroatoms. The van der Waals surface area contributed by atoms with Crippen LogP contribution in [-0.2, 0) is 19.6 Å². The molecule has 4 N–H and O–H groups in total. The maximum Gasteiger partial charge on any atom is 0.414 e. The zero-order chi connectivity index (χ0) is 25.0. The van der Waals surface area contributed by atoms with E-state index in [1.165, 1.54) is 5.56 Å². The number of rotatable bonds is 9. The summed E-state index contributed by atoms with van der Waals surface area (Å²) in [6.07, 6.45) is 0. The fourth-order valence-corrected chi connectivity index (χ4v) is 4.36. The van der Waals surface area contributed by atoms with Crippen LogP contribution in [0.5, 0.6) is 0 Å². The van der Waals surface area contributed by atoms with Crippen LogP contribution in [0.2, 0.25) is 0 Å². The van der Waals surface area contributed by atoms with Gasteiger partial charge in [-0.1, -0.05) is 85.8 Å². The third-order valence-electron chi connectivity index (χ3n) is 4.90. The van der Waals surface area contributed by atoms with Crippen LogP contribution >= 0.6 is 0 Å². The summed E-state index contributed by atoms with van der Waals surface area (Å²) in [7, 11) is -3.60. The summed E-state index contributed by atoms with van der Waals surface area (Å²) in [5.41, 5.74) is 2.19. The van der Waals surface area contributed by atoms with Crippen LogP contribution in [0.25, 0.3) is 0 Å². The number of carboxylic acid groups (broad SMARTS) is 2. The van der Waals surface area contributed by atoms with Gasteiger partial charge in [0.05, 0.1) is 10.9 Å². The molecule has 3 rings (SSSR count). The molecule has 0 aliphatic rings. The highest BCUT2D eigenvalue weighted by atomic mass is 32.2. The first kappa shape index (κ1) is 26.7. The number of benzene rings is 3. The monoisotopic (exact) mass is 484 g/mol. The van der Waals surface area contributed by atoms with E-state index in [1.807, 2.05) is 48.5 Å². The van der Waals surface area contributed by atoms with Gasteiger partial charge in [0.2, 0.25) is 10.0 Å². The summed E-state index contributed by atoms with van der Waals surface area (Å²) >= 11 is 0. The van der Waals surface area contributed by atoms with E-state index >= 15 is 0 Å². The molecular weight excluding hydrogens is 456 g/mol. The molecule has 0 saturated heterocycles. The highest BCUT2D eigenvalue weighted by molar-refractivity contribution is 7.89. The van der Waals surface area contributed by atoms with Crippen LogP contribution in [0, 0.1) is 0 Å². The van der Waals surface area contributed by atoms with Crippen molar-refractivity contribution in [2.24, 2.45) is 0 Å². The van der Waals surface area contributed by atoms with E-state index in [-0.39, 0.29) is 10.9 Å². The van der Waals surface area contributed by atoms with Gasteiger partial charge in [0.1, 0.15) is 0 Å². The van der Waals surface area contributed by atoms with E-state index in [9.17, 15) is 8.42 Å². The molecule has 0 bridgehead atoms. The average molecular weight is 485 g/mol. The van der Waals surface area contributed by atoms with Crippen molar-refractivity contribution >= 4 is 22.0 Å². The second kappa shape index (κ2) is 13.2. The molecule has 0 heterocycles. The summed E-state index contributed by atoms with van der Waals surface area (Å²) in [5.74, 6) is -3.31. The SMILES string of the molecule is CC(CNCC(NS(=O)(=O)c1ccccc1)c1ccccc1)c1ccccc1.O=C(O)C(=O)O. The minimum absolute atomic E-state index is 0.272. The molecule has 3 aromatic carbocycles. The van der Waals surface area contributed by atoms with E-state index in [0.717, 1.165) is 12.1 Å². The normalized spacial score (nSPS) is 12.6. The molecular formula is C25H28N2O6S. The number of carbonyl (C=O) groups is 2. The molecule has 0 fully saturated rings. The Balaban J connectivity index is 0.000000604. The lowest BCUT2D eigenvalue weighted by molar-refractivity contribution is -0.159. The van der Waals surface area contributed by atoms with Gasteiger partial charge in [0, 0.05) is 13.1 Å². The van der Waals surface area contributed by atoms with Crippen LogP contribution in [0.4, 0.5) is 0 Å². The zero-order valence-electron chi connectivity index (χ0n) is 18.7. The van der Waals surface area contributed by atoms with E-state index in [0.29, 0.717) is 12.5 Å². The van der Waals surface area contributed by atoms with Crippen molar-refractivity contribution in [2.75, 3.05) is 13.1 Å². The van der Waals surface area contributed by atoms with Gasteiger partial charge in [-0.2, -0.15) is 0 Å². The molecule has 0 aliphatic heterocycles. The smallest absolute Gasteiger partial charge is 0.414 e. The van der Waals surface area contributed by atoms with Crippen LogP contribution < -0.4 is 10.0 Å². The number of nitrogens with one attached hydrogen (secondary N) is 2. The number of carboxylic acids is 2. The Morgan fingerprint density at radius 3 is 1.65 bits per heavy atom. The Labute approximate surface area is 199 Å². The summed E-state index contributed by atoms with van der Waals surface area (Å²) in [4.78, 5) is 18.5. The van der Waals surface area contributed by atoms with Gasteiger partial charge < -0.3 is 15.5 Å². The number of sulfonamides is 1. The van der Waals surface area contributed by atoms with E-state index < -0.39 is 22.0 Å². The number of hydrogen-bond acceptors (Lipinski definition) is 5. The first-order valence-corrected chi connectivity index (χ1v) is 12.0. The van der Waals surface area contributed by atoms with Crippen molar-refractivity contribution < 1.29 is 28.2 Å². The molecule has 2 atom stereocenters. The van der Waals surface area contributed by atoms with Crippen LogP contribution in [0.3, 0.4) is 0 Å². The zero-order valence-corrected chi connectivity index (χ0v) is 19.5. The van der Waals surface area contributed by atoms with E-state index in [1.54, 1.807) is 30.3 Å². The number of aliphatic carboxylic acids is 2. The van der Waals surface area contributed by atoms with Gasteiger partial charge in [0.25, 0.3) is 0 Å². The molecule has 2 unspecified atom stereocenters. The lowest BCUT2D eigenvalue weighted by atomic mass is 10.0. The van der Waals surface area contributed by atoms with Crippen molar-refractivity contribution in [2.45, 2.75) is 23.8 Å². The van der Waals surface area contributed by atoms with Gasteiger partial charge in [-0.25, -0.2) is 22.7 Å². The van der Waals surface area contributed by atoms with Crippen LogP contribution in [0.15, 0.2) is 95.9 Å². The Hall–Kier alpha value is -3.53. The van der Waals surface area contributed by atoms with E-state index in [4.69, 9.17) is 19.8 Å². The Kier molecular flexibility index (Phi) is 10.4. The van der Waals surface area contributed by atoms with Crippen LogP contribution in [-0.4, -0.2) is 43.7 Å².